The van der Waals surface area contributed by atoms with E-state index in [1.165, 1.54) is 32.1 Å². The molecule has 3 atom stereocenters. The summed E-state index contributed by atoms with van der Waals surface area (Å²) in [4.78, 5) is 22.9. The van der Waals surface area contributed by atoms with Gasteiger partial charge < -0.3 is 19.8 Å². The molecule has 0 rings (SSSR count). The molecule has 0 heterocycles. The van der Waals surface area contributed by atoms with Crippen molar-refractivity contribution in [1.82, 2.24) is 5.32 Å². The summed E-state index contributed by atoms with van der Waals surface area (Å²) in [5.74, 6) is -0.206. The molecule has 0 spiro atoms. The Morgan fingerprint density at radius 3 is 1.96 bits per heavy atom. The maximum atomic E-state index is 12.7. The number of likely N-dealkylation sites (N-methyl/N-ethyl adjacent to an activating group) is 1. The number of amides is 1. The fourth-order valence-corrected chi connectivity index (χ4v) is 5.26. The van der Waals surface area contributed by atoms with Gasteiger partial charge in [0, 0.05) is 6.42 Å². The fraction of sp³-hybridized carbons (Fsp3) is 0.711. The van der Waals surface area contributed by atoms with Crippen LogP contribution < -0.4 is 5.32 Å². The minimum Gasteiger partial charge on any atom is -0.387 e. The SMILES string of the molecule is CC/C=C\C/C=C\C/C=C\CCCCCCCCCC(=O)NC(COP(=O)(O)OCC[N+](C)(C)C)C(O)/C=C/CC/C=C/CCCC. The normalized spacial score (nSPS) is 15.5. The number of phosphoric ester groups is 1. The number of phosphoric acid groups is 1. The predicted octanol–water partition coefficient (Wildman–Crippen LogP) is 9.12. The van der Waals surface area contributed by atoms with E-state index in [2.05, 4.69) is 67.8 Å². The Morgan fingerprint density at radius 2 is 1.30 bits per heavy atom. The highest BCUT2D eigenvalue weighted by molar-refractivity contribution is 7.47. The number of hydrogen-bond donors (Lipinski definition) is 3. The molecule has 3 N–H and O–H groups in total. The van der Waals surface area contributed by atoms with Gasteiger partial charge in [-0.05, 0) is 57.8 Å². The highest BCUT2D eigenvalue weighted by Crippen LogP contribution is 2.43. The van der Waals surface area contributed by atoms with Crippen LogP contribution in [0.15, 0.2) is 60.8 Å². The van der Waals surface area contributed by atoms with Crippen LogP contribution in [0.3, 0.4) is 0 Å². The topological polar surface area (TPSA) is 105 Å². The molecule has 272 valence electrons. The van der Waals surface area contributed by atoms with Crippen molar-refractivity contribution < 1.29 is 32.9 Å². The van der Waals surface area contributed by atoms with Crippen LogP contribution in [0, 0.1) is 0 Å². The van der Waals surface area contributed by atoms with E-state index in [1.54, 1.807) is 6.08 Å². The number of carbonyl (C=O) groups excluding carboxylic acids is 1. The van der Waals surface area contributed by atoms with Crippen molar-refractivity contribution in [3.63, 3.8) is 0 Å². The Balaban J connectivity index is 4.49. The summed E-state index contributed by atoms with van der Waals surface area (Å²) in [7, 11) is 1.53. The van der Waals surface area contributed by atoms with E-state index < -0.39 is 20.0 Å². The summed E-state index contributed by atoms with van der Waals surface area (Å²) >= 11 is 0. The van der Waals surface area contributed by atoms with Crippen LogP contribution in [-0.4, -0.2) is 73.4 Å². The molecule has 9 heteroatoms. The minimum absolute atomic E-state index is 0.0506. The van der Waals surface area contributed by atoms with Crippen LogP contribution in [0.4, 0.5) is 0 Å². The number of hydrogen-bond acceptors (Lipinski definition) is 5. The molecule has 0 aliphatic carbocycles. The second-order valence-electron chi connectivity index (χ2n) is 13.2. The average molecular weight is 682 g/mol. The molecule has 0 aromatic carbocycles. The number of allylic oxidation sites excluding steroid dienone is 9. The molecule has 0 radical (unpaired) electrons. The Morgan fingerprint density at radius 1 is 0.745 bits per heavy atom. The van der Waals surface area contributed by atoms with E-state index in [-0.39, 0.29) is 19.1 Å². The van der Waals surface area contributed by atoms with Crippen LogP contribution in [-0.2, 0) is 18.4 Å². The molecular formula is C38H70N2O6P+. The number of nitrogens with one attached hydrogen (secondary N) is 1. The molecule has 0 saturated carbocycles. The first-order valence-electron chi connectivity index (χ1n) is 18.2. The maximum absolute atomic E-state index is 12.7. The third kappa shape index (κ3) is 32.5. The minimum atomic E-state index is -4.34. The zero-order valence-electron chi connectivity index (χ0n) is 30.5. The molecule has 0 fully saturated rings. The highest BCUT2D eigenvalue weighted by Gasteiger charge is 2.27. The van der Waals surface area contributed by atoms with Gasteiger partial charge in [0.1, 0.15) is 13.2 Å². The number of aliphatic hydroxyl groups excluding tert-OH is 1. The molecular weight excluding hydrogens is 611 g/mol. The van der Waals surface area contributed by atoms with Crippen LogP contribution in [0.25, 0.3) is 0 Å². The summed E-state index contributed by atoms with van der Waals surface area (Å²) in [5, 5.41) is 13.6. The Kier molecular flexibility index (Phi) is 29.1. The van der Waals surface area contributed by atoms with E-state index in [0.717, 1.165) is 70.6 Å². The molecule has 8 nitrogen and oxygen atoms in total. The van der Waals surface area contributed by atoms with Gasteiger partial charge in [0.15, 0.2) is 0 Å². The van der Waals surface area contributed by atoms with E-state index in [4.69, 9.17) is 9.05 Å². The zero-order chi connectivity index (χ0) is 35.1. The number of carbonyl (C=O) groups is 1. The summed E-state index contributed by atoms with van der Waals surface area (Å²) in [5.41, 5.74) is 0. The Labute approximate surface area is 288 Å². The molecule has 0 aliphatic rings. The van der Waals surface area contributed by atoms with Gasteiger partial charge in [0.2, 0.25) is 5.91 Å². The second kappa shape index (κ2) is 30.3. The lowest BCUT2D eigenvalue weighted by atomic mass is 10.1. The Bertz CT molecular complexity index is 954. The lowest BCUT2D eigenvalue weighted by Gasteiger charge is -2.25. The van der Waals surface area contributed by atoms with Gasteiger partial charge >= 0.3 is 7.82 Å². The lowest BCUT2D eigenvalue weighted by molar-refractivity contribution is -0.870. The van der Waals surface area contributed by atoms with Crippen LogP contribution >= 0.6 is 7.82 Å². The van der Waals surface area contributed by atoms with E-state index >= 15 is 0 Å². The quantitative estimate of drug-likeness (QED) is 0.0292. The predicted molar refractivity (Wildman–Crippen MR) is 198 cm³/mol. The van der Waals surface area contributed by atoms with Crippen molar-refractivity contribution in [1.29, 1.82) is 0 Å². The third-order valence-corrected chi connectivity index (χ3v) is 8.46. The van der Waals surface area contributed by atoms with Crippen molar-refractivity contribution in [2.45, 2.75) is 135 Å². The maximum Gasteiger partial charge on any atom is 0.472 e. The van der Waals surface area contributed by atoms with Crippen molar-refractivity contribution in [2.75, 3.05) is 40.9 Å². The second-order valence-corrected chi connectivity index (χ2v) is 14.7. The lowest BCUT2D eigenvalue weighted by Crippen LogP contribution is -2.45. The van der Waals surface area contributed by atoms with Gasteiger partial charge in [0.25, 0.3) is 0 Å². The van der Waals surface area contributed by atoms with E-state index in [9.17, 15) is 19.4 Å². The van der Waals surface area contributed by atoms with Crippen molar-refractivity contribution in [3.8, 4) is 0 Å². The fourth-order valence-electron chi connectivity index (χ4n) is 4.52. The Hall–Kier alpha value is -1.80. The smallest absolute Gasteiger partial charge is 0.387 e. The standard InChI is InChI=1S/C38H69N2O6P/c1-6-8-10-12-14-16-17-18-19-20-21-22-23-24-26-28-30-32-38(42)39-36(35-46-47(43,44)45-34-33-40(3,4)5)37(41)31-29-27-25-15-13-11-9-7-2/h8,10,13-16,18-19,29,31,36-37,41H,6-7,9,11-12,17,20-28,30,32-35H2,1-5H3,(H-,39,42,43,44)/p+1/b10-8-,15-13+,16-14-,19-18-,31-29+. The van der Waals surface area contributed by atoms with Crippen LogP contribution in [0.2, 0.25) is 0 Å². The summed E-state index contributed by atoms with van der Waals surface area (Å²) in [6.07, 6.45) is 37.3. The summed E-state index contributed by atoms with van der Waals surface area (Å²) < 4.78 is 23.3. The van der Waals surface area contributed by atoms with Gasteiger partial charge in [-0.15, -0.1) is 0 Å². The van der Waals surface area contributed by atoms with E-state index in [1.807, 2.05) is 27.2 Å². The van der Waals surface area contributed by atoms with Gasteiger partial charge in [-0.3, -0.25) is 13.8 Å². The highest BCUT2D eigenvalue weighted by atomic mass is 31.2. The molecule has 0 aromatic rings. The molecule has 0 bridgehead atoms. The first-order valence-corrected chi connectivity index (χ1v) is 19.7. The number of nitrogens with zero attached hydrogens (tertiary/aromatic N) is 1. The van der Waals surface area contributed by atoms with Crippen molar-refractivity contribution in [2.24, 2.45) is 0 Å². The largest absolute Gasteiger partial charge is 0.472 e. The number of quaternary nitrogens is 1. The molecule has 0 saturated heterocycles. The number of rotatable bonds is 31. The first kappa shape index (κ1) is 45.2. The van der Waals surface area contributed by atoms with Gasteiger partial charge in [-0.25, -0.2) is 4.57 Å². The van der Waals surface area contributed by atoms with E-state index in [0.29, 0.717) is 17.4 Å². The number of aliphatic hydroxyl groups is 1. The molecule has 0 aromatic heterocycles. The molecule has 1 amide bonds. The summed E-state index contributed by atoms with van der Waals surface area (Å²) in [6.45, 7) is 4.56. The third-order valence-electron chi connectivity index (χ3n) is 7.47. The van der Waals surface area contributed by atoms with Crippen molar-refractivity contribution in [3.05, 3.63) is 60.8 Å². The number of unbranched alkanes of at least 4 members (excludes halogenated alkanes) is 10. The van der Waals surface area contributed by atoms with Crippen LogP contribution in [0.1, 0.15) is 123 Å². The molecule has 3 unspecified atom stereocenters. The van der Waals surface area contributed by atoms with Crippen molar-refractivity contribution >= 4 is 13.7 Å². The first-order chi connectivity index (χ1) is 22.5. The monoisotopic (exact) mass is 681 g/mol. The summed E-state index contributed by atoms with van der Waals surface area (Å²) in [6, 6.07) is -0.866. The van der Waals surface area contributed by atoms with Crippen LogP contribution in [0.5, 0.6) is 0 Å². The molecule has 0 aliphatic heterocycles. The average Bonchev–Trinajstić information content (AvgIpc) is 3.01. The molecule has 47 heavy (non-hydrogen) atoms. The van der Waals surface area contributed by atoms with Gasteiger partial charge in [0.05, 0.1) is 39.9 Å². The van der Waals surface area contributed by atoms with Gasteiger partial charge in [-0.1, -0.05) is 120 Å². The zero-order valence-corrected chi connectivity index (χ0v) is 31.4. The van der Waals surface area contributed by atoms with Gasteiger partial charge in [-0.2, -0.15) is 0 Å².